The van der Waals surface area contributed by atoms with Gasteiger partial charge in [0.15, 0.2) is 0 Å². The highest BCUT2D eigenvalue weighted by Gasteiger charge is 2.06. The minimum atomic E-state index is -0.365. The van der Waals surface area contributed by atoms with Crippen molar-refractivity contribution in [1.82, 2.24) is 5.32 Å². The second kappa shape index (κ2) is 9.47. The Bertz CT molecular complexity index is 115. The molecule has 0 saturated heterocycles. The van der Waals surface area contributed by atoms with Crippen molar-refractivity contribution in [2.75, 3.05) is 0 Å². The fourth-order valence-corrected chi connectivity index (χ4v) is 1.74. The van der Waals surface area contributed by atoms with Gasteiger partial charge in [-0.2, -0.15) is 0 Å². The molecule has 2 nitrogen and oxygen atoms in total. The number of aliphatic hydroxyl groups is 1. The molecule has 0 heterocycles. The van der Waals surface area contributed by atoms with E-state index in [-0.39, 0.29) is 6.23 Å². The lowest BCUT2D eigenvalue weighted by atomic mass is 10.0. The number of unbranched alkanes of at least 4 members (excludes halogenated alkanes) is 4. The van der Waals surface area contributed by atoms with Gasteiger partial charge in [-0.3, -0.25) is 5.32 Å². The van der Waals surface area contributed by atoms with Crippen LogP contribution in [-0.4, -0.2) is 17.4 Å². The van der Waals surface area contributed by atoms with Gasteiger partial charge in [0.25, 0.3) is 0 Å². The van der Waals surface area contributed by atoms with Crippen molar-refractivity contribution in [2.24, 2.45) is 0 Å². The Hall–Kier alpha value is -0.0800. The van der Waals surface area contributed by atoms with Crippen LogP contribution in [0.4, 0.5) is 0 Å². The van der Waals surface area contributed by atoms with Gasteiger partial charge in [0.1, 0.15) is 6.23 Å². The average Bonchev–Trinajstić information content (AvgIpc) is 2.15. The first-order chi connectivity index (χ1) is 6.70. The molecule has 14 heavy (non-hydrogen) atoms. The molecule has 0 aromatic heterocycles. The zero-order valence-corrected chi connectivity index (χ0v) is 10.1. The molecule has 0 aliphatic rings. The molecular formula is C12H27NO. The molecule has 0 aromatic carbocycles. The smallest absolute Gasteiger partial charge is 0.102 e. The molecule has 0 saturated carbocycles. The summed E-state index contributed by atoms with van der Waals surface area (Å²) < 4.78 is 0. The molecule has 0 aliphatic heterocycles. The van der Waals surface area contributed by atoms with E-state index in [1.165, 1.54) is 38.5 Å². The lowest BCUT2D eigenvalue weighted by molar-refractivity contribution is 0.136. The Morgan fingerprint density at radius 3 is 2.21 bits per heavy atom. The van der Waals surface area contributed by atoms with Crippen molar-refractivity contribution in [3.05, 3.63) is 0 Å². The van der Waals surface area contributed by atoms with Gasteiger partial charge in [-0.05, 0) is 19.8 Å². The third-order valence-corrected chi connectivity index (χ3v) is 2.63. The third-order valence-electron chi connectivity index (χ3n) is 2.63. The fraction of sp³-hybridized carbons (Fsp3) is 1.00. The molecule has 0 aliphatic carbocycles. The lowest BCUT2D eigenvalue weighted by Gasteiger charge is -2.18. The van der Waals surface area contributed by atoms with Crippen LogP contribution in [0.5, 0.6) is 0 Å². The third kappa shape index (κ3) is 8.52. The van der Waals surface area contributed by atoms with E-state index in [1.54, 1.807) is 6.92 Å². The van der Waals surface area contributed by atoms with E-state index in [1.807, 2.05) is 0 Å². The molecule has 2 heteroatoms. The molecule has 0 fully saturated rings. The summed E-state index contributed by atoms with van der Waals surface area (Å²) in [6.45, 7) is 6.20. The van der Waals surface area contributed by atoms with E-state index in [0.717, 1.165) is 6.42 Å². The van der Waals surface area contributed by atoms with Crippen molar-refractivity contribution in [3.8, 4) is 0 Å². The summed E-state index contributed by atoms with van der Waals surface area (Å²) in [4.78, 5) is 0. The van der Waals surface area contributed by atoms with Crippen LogP contribution < -0.4 is 5.32 Å². The standard InChI is InChI=1S/C12H27NO/c1-4-6-7-8-9-10-12(5-2)13-11(3)14/h11-14H,4-10H2,1-3H3. The molecule has 2 unspecified atom stereocenters. The van der Waals surface area contributed by atoms with E-state index in [4.69, 9.17) is 0 Å². The van der Waals surface area contributed by atoms with Gasteiger partial charge in [-0.15, -0.1) is 0 Å². The quantitative estimate of drug-likeness (QED) is 0.444. The Balaban J connectivity index is 3.33. The summed E-state index contributed by atoms with van der Waals surface area (Å²) in [5.41, 5.74) is 0. The van der Waals surface area contributed by atoms with E-state index >= 15 is 0 Å². The van der Waals surface area contributed by atoms with E-state index in [2.05, 4.69) is 19.2 Å². The van der Waals surface area contributed by atoms with Crippen LogP contribution in [0, 0.1) is 0 Å². The number of rotatable bonds is 9. The average molecular weight is 201 g/mol. The Labute approximate surface area is 89.1 Å². The van der Waals surface area contributed by atoms with Gasteiger partial charge in [0, 0.05) is 6.04 Å². The van der Waals surface area contributed by atoms with Crippen molar-refractivity contribution < 1.29 is 5.11 Å². The molecule has 2 atom stereocenters. The van der Waals surface area contributed by atoms with Crippen LogP contribution in [0.3, 0.4) is 0 Å². The zero-order valence-electron chi connectivity index (χ0n) is 10.1. The van der Waals surface area contributed by atoms with Gasteiger partial charge in [0.05, 0.1) is 0 Å². The van der Waals surface area contributed by atoms with E-state index in [0.29, 0.717) is 6.04 Å². The second-order valence-corrected chi connectivity index (χ2v) is 4.15. The zero-order chi connectivity index (χ0) is 10.8. The first kappa shape index (κ1) is 13.9. The second-order valence-electron chi connectivity index (χ2n) is 4.15. The molecule has 0 amide bonds. The monoisotopic (exact) mass is 201 g/mol. The van der Waals surface area contributed by atoms with Crippen LogP contribution in [0.2, 0.25) is 0 Å². The predicted molar refractivity (Wildman–Crippen MR) is 62.3 cm³/mol. The van der Waals surface area contributed by atoms with Crippen molar-refractivity contribution >= 4 is 0 Å². The van der Waals surface area contributed by atoms with Gasteiger partial charge < -0.3 is 5.11 Å². The topological polar surface area (TPSA) is 32.3 Å². The number of hydrogen-bond acceptors (Lipinski definition) is 2. The lowest BCUT2D eigenvalue weighted by Crippen LogP contribution is -2.35. The van der Waals surface area contributed by atoms with Gasteiger partial charge in [0.2, 0.25) is 0 Å². The summed E-state index contributed by atoms with van der Waals surface area (Å²) in [5.74, 6) is 0. The van der Waals surface area contributed by atoms with Crippen LogP contribution >= 0.6 is 0 Å². The molecular weight excluding hydrogens is 174 g/mol. The maximum absolute atomic E-state index is 9.18. The van der Waals surface area contributed by atoms with Crippen LogP contribution in [0.25, 0.3) is 0 Å². The van der Waals surface area contributed by atoms with E-state index < -0.39 is 0 Å². The van der Waals surface area contributed by atoms with Crippen molar-refractivity contribution in [3.63, 3.8) is 0 Å². The first-order valence-electron chi connectivity index (χ1n) is 6.14. The Morgan fingerprint density at radius 1 is 1.07 bits per heavy atom. The van der Waals surface area contributed by atoms with Gasteiger partial charge in [-0.1, -0.05) is 46.0 Å². The molecule has 0 spiro atoms. The van der Waals surface area contributed by atoms with Crippen LogP contribution in [0.1, 0.15) is 65.7 Å². The first-order valence-corrected chi connectivity index (χ1v) is 6.14. The SMILES string of the molecule is CCCCCCCC(CC)NC(C)O. The highest BCUT2D eigenvalue weighted by Crippen LogP contribution is 2.09. The minimum Gasteiger partial charge on any atom is -0.379 e. The normalized spacial score (nSPS) is 15.4. The summed E-state index contributed by atoms with van der Waals surface area (Å²) in [6.07, 6.45) is 8.61. The van der Waals surface area contributed by atoms with Crippen LogP contribution in [-0.2, 0) is 0 Å². The molecule has 86 valence electrons. The highest BCUT2D eigenvalue weighted by molar-refractivity contribution is 4.65. The molecule has 0 radical (unpaired) electrons. The molecule has 0 bridgehead atoms. The highest BCUT2D eigenvalue weighted by atomic mass is 16.3. The number of nitrogens with one attached hydrogen (secondary N) is 1. The minimum absolute atomic E-state index is 0.365. The van der Waals surface area contributed by atoms with Gasteiger partial charge >= 0.3 is 0 Å². The number of aliphatic hydroxyl groups excluding tert-OH is 1. The maximum Gasteiger partial charge on any atom is 0.102 e. The molecule has 2 N–H and O–H groups in total. The van der Waals surface area contributed by atoms with Crippen LogP contribution in [0.15, 0.2) is 0 Å². The molecule has 0 aromatic rings. The summed E-state index contributed by atoms with van der Waals surface area (Å²) in [6, 6.07) is 0.497. The van der Waals surface area contributed by atoms with E-state index in [9.17, 15) is 5.11 Å². The van der Waals surface area contributed by atoms with Crippen molar-refractivity contribution in [2.45, 2.75) is 78.0 Å². The summed E-state index contributed by atoms with van der Waals surface area (Å²) >= 11 is 0. The summed E-state index contributed by atoms with van der Waals surface area (Å²) in [5, 5.41) is 12.4. The van der Waals surface area contributed by atoms with Gasteiger partial charge in [-0.25, -0.2) is 0 Å². The largest absolute Gasteiger partial charge is 0.379 e. The van der Waals surface area contributed by atoms with Crippen molar-refractivity contribution in [1.29, 1.82) is 0 Å². The summed E-state index contributed by atoms with van der Waals surface area (Å²) in [7, 11) is 0. The fourth-order valence-electron chi connectivity index (χ4n) is 1.74. The predicted octanol–water partition coefficient (Wildman–Crippen LogP) is 3.05. The molecule has 0 rings (SSSR count). The Kier molecular flexibility index (Phi) is 9.42. The maximum atomic E-state index is 9.18. The Morgan fingerprint density at radius 2 is 1.71 bits per heavy atom. The number of hydrogen-bond donors (Lipinski definition) is 2.